The third-order valence-corrected chi connectivity index (χ3v) is 2.45. The Morgan fingerprint density at radius 2 is 2.28 bits per heavy atom. The lowest BCUT2D eigenvalue weighted by Crippen LogP contribution is -2.36. The van der Waals surface area contributed by atoms with Crippen molar-refractivity contribution in [2.24, 2.45) is 12.0 Å². The maximum absolute atomic E-state index is 5.23. The maximum Gasteiger partial charge on any atom is 0.191 e. The van der Waals surface area contributed by atoms with E-state index in [1.54, 1.807) is 19.6 Å². The van der Waals surface area contributed by atoms with Crippen LogP contribution in [0.4, 0.5) is 0 Å². The van der Waals surface area contributed by atoms with Gasteiger partial charge in [-0.05, 0) is 12.1 Å². The van der Waals surface area contributed by atoms with E-state index in [2.05, 4.69) is 25.8 Å². The minimum atomic E-state index is 0.564. The van der Waals surface area contributed by atoms with Crippen LogP contribution in [0.2, 0.25) is 0 Å². The zero-order chi connectivity index (χ0) is 12.8. The Morgan fingerprint density at radius 1 is 1.44 bits per heavy atom. The second kappa shape index (κ2) is 5.85. The number of hydrogen-bond donors (Lipinski definition) is 2. The summed E-state index contributed by atoms with van der Waals surface area (Å²) in [4.78, 5) is 4.11. The van der Waals surface area contributed by atoms with E-state index in [9.17, 15) is 0 Å². The molecule has 0 unspecified atom stereocenters. The number of furan rings is 1. The first kappa shape index (κ1) is 12.2. The van der Waals surface area contributed by atoms with Gasteiger partial charge in [0.05, 0.1) is 19.4 Å². The van der Waals surface area contributed by atoms with Crippen LogP contribution in [0.15, 0.2) is 34.1 Å². The molecule has 0 aliphatic carbocycles. The van der Waals surface area contributed by atoms with Gasteiger partial charge in [0.15, 0.2) is 11.8 Å². The molecule has 0 fully saturated rings. The topological polar surface area (TPSA) is 80.3 Å². The molecule has 7 nitrogen and oxygen atoms in total. The van der Waals surface area contributed by atoms with Crippen LogP contribution in [0.25, 0.3) is 0 Å². The monoisotopic (exact) mass is 248 g/mol. The van der Waals surface area contributed by atoms with Gasteiger partial charge in [-0.15, -0.1) is 10.2 Å². The molecule has 0 spiro atoms. The molecule has 2 rings (SSSR count). The summed E-state index contributed by atoms with van der Waals surface area (Å²) in [5.41, 5.74) is 0. The Hall–Kier alpha value is -2.31. The third-order valence-electron chi connectivity index (χ3n) is 2.45. The van der Waals surface area contributed by atoms with Crippen molar-refractivity contribution < 1.29 is 4.42 Å². The number of guanidine groups is 1. The average Bonchev–Trinajstić information content (AvgIpc) is 3.01. The van der Waals surface area contributed by atoms with Crippen molar-refractivity contribution in [1.82, 2.24) is 25.4 Å². The van der Waals surface area contributed by atoms with E-state index >= 15 is 0 Å². The largest absolute Gasteiger partial charge is 0.467 e. The van der Waals surface area contributed by atoms with Crippen LogP contribution >= 0.6 is 0 Å². The van der Waals surface area contributed by atoms with Crippen LogP contribution in [0.5, 0.6) is 0 Å². The molecule has 0 saturated carbocycles. The van der Waals surface area contributed by atoms with Gasteiger partial charge >= 0.3 is 0 Å². The highest BCUT2D eigenvalue weighted by Crippen LogP contribution is 1.98. The van der Waals surface area contributed by atoms with Crippen molar-refractivity contribution in [2.75, 3.05) is 7.05 Å². The number of rotatable bonds is 4. The molecule has 0 radical (unpaired) electrons. The standard InChI is InChI=1S/C11H16N6O/c1-12-11(13-6-9-4-3-5-18-9)14-7-10-16-15-8-17(10)2/h3-5,8H,6-7H2,1-2H3,(H2,12,13,14). The number of nitrogens with zero attached hydrogens (tertiary/aromatic N) is 4. The Balaban J connectivity index is 1.81. The van der Waals surface area contributed by atoms with Gasteiger partial charge in [-0.2, -0.15) is 0 Å². The molecule has 2 aromatic rings. The fourth-order valence-electron chi connectivity index (χ4n) is 1.43. The minimum Gasteiger partial charge on any atom is -0.467 e. The normalized spacial score (nSPS) is 11.6. The highest BCUT2D eigenvalue weighted by Gasteiger charge is 2.03. The van der Waals surface area contributed by atoms with Crippen LogP contribution in [-0.2, 0) is 20.1 Å². The molecule has 2 aromatic heterocycles. The number of aliphatic imine (C=N–C) groups is 1. The molecule has 0 saturated heterocycles. The van der Waals surface area contributed by atoms with Crippen LogP contribution in [0, 0.1) is 0 Å². The van der Waals surface area contributed by atoms with E-state index in [0.29, 0.717) is 19.0 Å². The summed E-state index contributed by atoms with van der Waals surface area (Å²) in [5.74, 6) is 2.39. The first-order valence-electron chi connectivity index (χ1n) is 5.59. The number of aromatic nitrogens is 3. The SMILES string of the molecule is CN=C(NCc1ccco1)NCc1nncn1C. The fourth-order valence-corrected chi connectivity index (χ4v) is 1.43. The first-order valence-corrected chi connectivity index (χ1v) is 5.59. The molecule has 2 N–H and O–H groups in total. The van der Waals surface area contributed by atoms with Crippen molar-refractivity contribution in [3.05, 3.63) is 36.3 Å². The van der Waals surface area contributed by atoms with E-state index in [4.69, 9.17) is 4.42 Å². The molecular formula is C11H16N6O. The number of hydrogen-bond acceptors (Lipinski definition) is 4. The Bertz CT molecular complexity index is 501. The van der Waals surface area contributed by atoms with Crippen LogP contribution in [0.1, 0.15) is 11.6 Å². The predicted octanol–water partition coefficient (Wildman–Crippen LogP) is 0.273. The van der Waals surface area contributed by atoms with E-state index in [1.807, 2.05) is 23.7 Å². The summed E-state index contributed by atoms with van der Waals surface area (Å²) in [6, 6.07) is 3.76. The number of aryl methyl sites for hydroxylation is 1. The maximum atomic E-state index is 5.23. The van der Waals surface area contributed by atoms with Gasteiger partial charge in [0.2, 0.25) is 0 Å². The highest BCUT2D eigenvalue weighted by atomic mass is 16.3. The lowest BCUT2D eigenvalue weighted by molar-refractivity contribution is 0.501. The zero-order valence-electron chi connectivity index (χ0n) is 10.4. The van der Waals surface area contributed by atoms with Gasteiger partial charge in [0, 0.05) is 14.1 Å². The fraction of sp³-hybridized carbons (Fsp3) is 0.364. The Labute approximate surface area is 105 Å². The third kappa shape index (κ3) is 3.09. The molecule has 0 bridgehead atoms. The van der Waals surface area contributed by atoms with E-state index in [0.717, 1.165) is 11.6 Å². The van der Waals surface area contributed by atoms with E-state index < -0.39 is 0 Å². The summed E-state index contributed by atoms with van der Waals surface area (Å²) in [7, 11) is 3.62. The van der Waals surface area contributed by atoms with E-state index in [-0.39, 0.29) is 0 Å². The summed E-state index contributed by atoms with van der Waals surface area (Å²) in [6.07, 6.45) is 3.31. The lowest BCUT2D eigenvalue weighted by Gasteiger charge is -2.10. The van der Waals surface area contributed by atoms with Crippen LogP contribution in [-0.4, -0.2) is 27.8 Å². The van der Waals surface area contributed by atoms with Crippen molar-refractivity contribution in [2.45, 2.75) is 13.1 Å². The summed E-state index contributed by atoms with van der Waals surface area (Å²) in [6.45, 7) is 1.15. The molecule has 0 aromatic carbocycles. The quantitative estimate of drug-likeness (QED) is 0.600. The predicted molar refractivity (Wildman–Crippen MR) is 66.7 cm³/mol. The summed E-state index contributed by atoms with van der Waals surface area (Å²) < 4.78 is 7.08. The van der Waals surface area contributed by atoms with Crippen molar-refractivity contribution in [1.29, 1.82) is 0 Å². The zero-order valence-corrected chi connectivity index (χ0v) is 10.4. The molecule has 7 heteroatoms. The Kier molecular flexibility index (Phi) is 3.95. The van der Waals surface area contributed by atoms with Gasteiger partial charge in [-0.1, -0.05) is 0 Å². The smallest absolute Gasteiger partial charge is 0.191 e. The number of nitrogens with one attached hydrogen (secondary N) is 2. The highest BCUT2D eigenvalue weighted by molar-refractivity contribution is 5.79. The summed E-state index contributed by atoms with van der Waals surface area (Å²) in [5, 5.41) is 14.1. The van der Waals surface area contributed by atoms with Crippen molar-refractivity contribution in [3.63, 3.8) is 0 Å². The van der Waals surface area contributed by atoms with Gasteiger partial charge in [0.1, 0.15) is 12.1 Å². The molecule has 0 amide bonds. The van der Waals surface area contributed by atoms with E-state index in [1.165, 1.54) is 0 Å². The van der Waals surface area contributed by atoms with Crippen LogP contribution < -0.4 is 10.6 Å². The Morgan fingerprint density at radius 3 is 2.89 bits per heavy atom. The van der Waals surface area contributed by atoms with Crippen molar-refractivity contribution in [3.8, 4) is 0 Å². The first-order chi connectivity index (χ1) is 8.79. The molecule has 0 aliphatic heterocycles. The molecule has 0 atom stereocenters. The van der Waals surface area contributed by atoms with Gasteiger partial charge in [0.25, 0.3) is 0 Å². The lowest BCUT2D eigenvalue weighted by atomic mass is 10.4. The average molecular weight is 248 g/mol. The van der Waals surface area contributed by atoms with Crippen molar-refractivity contribution >= 4 is 5.96 Å². The molecule has 18 heavy (non-hydrogen) atoms. The molecule has 0 aliphatic rings. The van der Waals surface area contributed by atoms with Gasteiger partial charge in [-0.3, -0.25) is 4.99 Å². The molecule has 2 heterocycles. The molecule has 96 valence electrons. The van der Waals surface area contributed by atoms with Gasteiger partial charge < -0.3 is 19.6 Å². The second-order valence-corrected chi connectivity index (χ2v) is 3.72. The summed E-state index contributed by atoms with van der Waals surface area (Å²) >= 11 is 0. The minimum absolute atomic E-state index is 0.564. The van der Waals surface area contributed by atoms with Gasteiger partial charge in [-0.25, -0.2) is 0 Å². The second-order valence-electron chi connectivity index (χ2n) is 3.72. The molecular weight excluding hydrogens is 232 g/mol. The van der Waals surface area contributed by atoms with Crippen LogP contribution in [0.3, 0.4) is 0 Å².